The van der Waals surface area contributed by atoms with Gasteiger partial charge in [-0.15, -0.1) is 0 Å². The van der Waals surface area contributed by atoms with Gasteiger partial charge in [0.2, 0.25) is 0 Å². The third-order valence-corrected chi connectivity index (χ3v) is 1.99. The van der Waals surface area contributed by atoms with E-state index in [0.717, 1.165) is 5.56 Å². The van der Waals surface area contributed by atoms with Crippen LogP contribution in [0.4, 0.5) is 0 Å². The Bertz CT molecular complexity index is 364. The molecule has 1 aromatic rings. The third kappa shape index (κ3) is 1.39. The lowest BCUT2D eigenvalue weighted by Gasteiger charge is -2.27. The first-order valence-electron chi connectivity index (χ1n) is 4.20. The first-order valence-corrected chi connectivity index (χ1v) is 4.20. The lowest BCUT2D eigenvalue weighted by atomic mass is 10.0. The molecule has 0 spiro atoms. The van der Waals surface area contributed by atoms with Crippen LogP contribution in [0.1, 0.15) is 19.4 Å². The summed E-state index contributed by atoms with van der Waals surface area (Å²) in [4.78, 5) is 0. The van der Waals surface area contributed by atoms with Gasteiger partial charge < -0.3 is 9.84 Å². The Morgan fingerprint density at radius 1 is 1.46 bits per heavy atom. The van der Waals surface area contributed by atoms with Gasteiger partial charge in [-0.05, 0) is 26.0 Å². The zero-order chi connectivity index (χ0) is 9.47. The predicted molar refractivity (Wildman–Crippen MR) is 50.7 cm³/mol. The van der Waals surface area contributed by atoms with E-state index in [1.807, 2.05) is 32.1 Å². The number of fused-ring (bicyclic) bond motifs is 1. The molecule has 2 heteroatoms. The number of benzene rings is 1. The zero-order valence-electron chi connectivity index (χ0n) is 7.66. The number of hydrogen-bond acceptors (Lipinski definition) is 2. The molecule has 0 aromatic heterocycles. The molecule has 0 saturated heterocycles. The molecule has 0 aliphatic carbocycles. The summed E-state index contributed by atoms with van der Waals surface area (Å²) in [7, 11) is 0. The molecule has 1 heterocycles. The summed E-state index contributed by atoms with van der Waals surface area (Å²) in [5, 5.41) is 9.47. The monoisotopic (exact) mass is 175 g/mol. The second kappa shape index (κ2) is 2.52. The van der Waals surface area contributed by atoms with Gasteiger partial charge in [-0.3, -0.25) is 0 Å². The van der Waals surface area contributed by atoms with Gasteiger partial charge in [0.25, 0.3) is 0 Å². The van der Waals surface area contributed by atoms with Crippen molar-refractivity contribution in [2.24, 2.45) is 0 Å². The topological polar surface area (TPSA) is 29.5 Å². The molecule has 13 heavy (non-hydrogen) atoms. The maximum Gasteiger partial charge on any atom is 0.170 e. The highest BCUT2D eigenvalue weighted by atomic mass is 16.5. The molecule has 1 radical (unpaired) electrons. The van der Waals surface area contributed by atoms with Crippen molar-refractivity contribution in [3.8, 4) is 11.5 Å². The standard InChI is InChI=1S/C11H11O2/c1-11(2)7-6-8-4-3-5-9(12)10(8)13-11/h3-4,6-7,12H,1-2H3. The fourth-order valence-electron chi connectivity index (χ4n) is 1.31. The van der Waals surface area contributed by atoms with Crippen LogP contribution in [0, 0.1) is 6.07 Å². The molecule has 1 aliphatic rings. The van der Waals surface area contributed by atoms with Crippen LogP contribution < -0.4 is 4.74 Å². The van der Waals surface area contributed by atoms with Crippen molar-refractivity contribution in [2.45, 2.75) is 19.4 Å². The molecule has 1 N–H and O–H groups in total. The Morgan fingerprint density at radius 3 is 3.00 bits per heavy atom. The number of phenolic OH excluding ortho intramolecular Hbond substituents is 1. The zero-order valence-corrected chi connectivity index (χ0v) is 7.66. The quantitative estimate of drug-likeness (QED) is 0.656. The van der Waals surface area contributed by atoms with Crippen LogP contribution in [0.5, 0.6) is 11.5 Å². The van der Waals surface area contributed by atoms with Crippen LogP contribution in [-0.4, -0.2) is 10.7 Å². The fraction of sp³-hybridized carbons (Fsp3) is 0.273. The van der Waals surface area contributed by atoms with Gasteiger partial charge in [-0.2, -0.15) is 0 Å². The molecule has 0 atom stereocenters. The van der Waals surface area contributed by atoms with Gasteiger partial charge in [-0.1, -0.05) is 12.1 Å². The lowest BCUT2D eigenvalue weighted by molar-refractivity contribution is 0.152. The van der Waals surface area contributed by atoms with Gasteiger partial charge in [0.15, 0.2) is 11.5 Å². The van der Waals surface area contributed by atoms with Crippen molar-refractivity contribution in [1.82, 2.24) is 0 Å². The molecule has 0 unspecified atom stereocenters. The summed E-state index contributed by atoms with van der Waals surface area (Å²) in [6.07, 6.45) is 3.92. The highest BCUT2D eigenvalue weighted by molar-refractivity contribution is 5.64. The van der Waals surface area contributed by atoms with Crippen molar-refractivity contribution < 1.29 is 9.84 Å². The highest BCUT2D eigenvalue weighted by Crippen LogP contribution is 2.37. The van der Waals surface area contributed by atoms with Crippen LogP contribution in [-0.2, 0) is 0 Å². The third-order valence-electron chi connectivity index (χ3n) is 1.99. The van der Waals surface area contributed by atoms with Crippen LogP contribution in [0.25, 0.3) is 6.08 Å². The first-order chi connectivity index (χ1) is 6.08. The van der Waals surface area contributed by atoms with Crippen molar-refractivity contribution >= 4 is 6.08 Å². The van der Waals surface area contributed by atoms with Crippen LogP contribution in [0.2, 0.25) is 0 Å². The van der Waals surface area contributed by atoms with E-state index < -0.39 is 0 Å². The second-order valence-electron chi connectivity index (χ2n) is 3.65. The molecule has 0 bridgehead atoms. The Morgan fingerprint density at radius 2 is 2.23 bits per heavy atom. The number of phenols is 1. The molecule has 2 rings (SSSR count). The largest absolute Gasteiger partial charge is 0.504 e. The summed E-state index contributed by atoms with van der Waals surface area (Å²) in [6.45, 7) is 3.89. The molecule has 2 nitrogen and oxygen atoms in total. The average Bonchev–Trinajstić information content (AvgIpc) is 2.06. The first kappa shape index (κ1) is 8.17. The van der Waals surface area contributed by atoms with Gasteiger partial charge in [0.05, 0.1) is 0 Å². The summed E-state index contributed by atoms with van der Waals surface area (Å²) in [6, 6.07) is 6.24. The minimum atomic E-state index is -0.348. The minimum Gasteiger partial charge on any atom is -0.504 e. The molecule has 1 aromatic carbocycles. The van der Waals surface area contributed by atoms with E-state index >= 15 is 0 Å². The normalized spacial score (nSPS) is 17.7. The highest BCUT2D eigenvalue weighted by Gasteiger charge is 2.23. The Hall–Kier alpha value is -1.44. The van der Waals surface area contributed by atoms with Crippen molar-refractivity contribution in [3.05, 3.63) is 29.8 Å². The van der Waals surface area contributed by atoms with Gasteiger partial charge in [0, 0.05) is 11.6 Å². The van der Waals surface area contributed by atoms with Crippen molar-refractivity contribution in [1.29, 1.82) is 0 Å². The number of ether oxygens (including phenoxy) is 1. The van der Waals surface area contributed by atoms with Gasteiger partial charge in [-0.25, -0.2) is 0 Å². The smallest absolute Gasteiger partial charge is 0.170 e. The number of rotatable bonds is 0. The van der Waals surface area contributed by atoms with E-state index in [0.29, 0.717) is 5.75 Å². The predicted octanol–water partition coefficient (Wildman–Crippen LogP) is 2.38. The van der Waals surface area contributed by atoms with E-state index in [1.165, 1.54) is 0 Å². The average molecular weight is 175 g/mol. The summed E-state index contributed by atoms with van der Waals surface area (Å²) in [5.41, 5.74) is 0.551. The summed E-state index contributed by atoms with van der Waals surface area (Å²) >= 11 is 0. The molecular formula is C11H11O2. The number of aromatic hydroxyl groups is 1. The van der Waals surface area contributed by atoms with E-state index in [4.69, 9.17) is 4.74 Å². The van der Waals surface area contributed by atoms with E-state index in [1.54, 1.807) is 6.07 Å². The van der Waals surface area contributed by atoms with Crippen LogP contribution >= 0.6 is 0 Å². The maximum atomic E-state index is 9.47. The second-order valence-corrected chi connectivity index (χ2v) is 3.65. The van der Waals surface area contributed by atoms with E-state index in [2.05, 4.69) is 6.07 Å². The summed E-state index contributed by atoms with van der Waals surface area (Å²) in [5.74, 6) is 0.602. The lowest BCUT2D eigenvalue weighted by Crippen LogP contribution is -2.27. The number of hydrogen-bond donors (Lipinski definition) is 1. The molecule has 1 aliphatic heterocycles. The van der Waals surface area contributed by atoms with Crippen LogP contribution in [0.3, 0.4) is 0 Å². The summed E-state index contributed by atoms with van der Waals surface area (Å²) < 4.78 is 5.58. The molecular weight excluding hydrogens is 164 g/mol. The Balaban J connectivity index is 2.54. The van der Waals surface area contributed by atoms with Crippen molar-refractivity contribution in [3.63, 3.8) is 0 Å². The van der Waals surface area contributed by atoms with E-state index in [9.17, 15) is 5.11 Å². The van der Waals surface area contributed by atoms with Gasteiger partial charge >= 0.3 is 0 Å². The molecule has 0 fully saturated rings. The minimum absolute atomic E-state index is 0.0786. The van der Waals surface area contributed by atoms with E-state index in [-0.39, 0.29) is 11.4 Å². The van der Waals surface area contributed by atoms with Crippen LogP contribution in [0.15, 0.2) is 18.2 Å². The maximum absolute atomic E-state index is 9.47. The van der Waals surface area contributed by atoms with Gasteiger partial charge in [0.1, 0.15) is 5.60 Å². The molecule has 0 saturated carbocycles. The van der Waals surface area contributed by atoms with Crippen molar-refractivity contribution in [2.75, 3.05) is 0 Å². The Kier molecular flexibility index (Phi) is 1.59. The Labute approximate surface area is 77.5 Å². The molecule has 67 valence electrons. The fourth-order valence-corrected chi connectivity index (χ4v) is 1.31. The SMILES string of the molecule is CC1(C)C=Cc2cc[c]c(O)c2O1. The molecule has 0 amide bonds.